The predicted octanol–water partition coefficient (Wildman–Crippen LogP) is 3.50. The molecule has 2 aliphatic heterocycles. The summed E-state index contributed by atoms with van der Waals surface area (Å²) in [7, 11) is 1.65. The molecule has 6 nitrogen and oxygen atoms in total. The van der Waals surface area contributed by atoms with Crippen molar-refractivity contribution in [1.29, 1.82) is 0 Å². The number of rotatable bonds is 4. The maximum atomic E-state index is 12.8. The monoisotopic (exact) mass is 431 g/mol. The van der Waals surface area contributed by atoms with Gasteiger partial charge in [-0.05, 0) is 42.5 Å². The number of carbonyl (C=O) groups is 2. The molecule has 8 heteroatoms. The van der Waals surface area contributed by atoms with Crippen LogP contribution in [-0.2, 0) is 9.59 Å². The van der Waals surface area contributed by atoms with Crippen LogP contribution in [-0.4, -0.2) is 55.3 Å². The van der Waals surface area contributed by atoms with Crippen LogP contribution in [0.15, 0.2) is 47.4 Å². The van der Waals surface area contributed by atoms with Gasteiger partial charge < -0.3 is 19.9 Å². The summed E-state index contributed by atoms with van der Waals surface area (Å²) in [6.07, 6.45) is 0.196. The molecule has 2 amide bonds. The molecular formula is C21H22ClN3O3S. The molecular weight excluding hydrogens is 410 g/mol. The number of hydrogen-bond donors (Lipinski definition) is 1. The molecule has 0 aliphatic carbocycles. The molecule has 1 N–H and O–H groups in total. The number of hydrogen-bond acceptors (Lipinski definition) is 5. The van der Waals surface area contributed by atoms with Gasteiger partial charge in [-0.25, -0.2) is 0 Å². The summed E-state index contributed by atoms with van der Waals surface area (Å²) in [6.45, 7) is 2.83. The van der Waals surface area contributed by atoms with Crippen LogP contribution in [0.1, 0.15) is 6.42 Å². The zero-order chi connectivity index (χ0) is 20.4. The maximum Gasteiger partial charge on any atom is 0.238 e. The lowest BCUT2D eigenvalue weighted by atomic mass is 10.2. The molecule has 0 radical (unpaired) electrons. The highest BCUT2D eigenvalue weighted by Crippen LogP contribution is 2.38. The summed E-state index contributed by atoms with van der Waals surface area (Å²) in [6, 6.07) is 13.4. The van der Waals surface area contributed by atoms with Gasteiger partial charge in [-0.1, -0.05) is 11.6 Å². The van der Waals surface area contributed by atoms with Crippen LogP contribution in [0.3, 0.4) is 0 Å². The van der Waals surface area contributed by atoms with Gasteiger partial charge in [0, 0.05) is 48.2 Å². The number of thioether (sulfide) groups is 1. The Bertz CT molecular complexity index is 914. The summed E-state index contributed by atoms with van der Waals surface area (Å²) < 4.78 is 5.20. The number of carbonyl (C=O) groups excluding carboxylic acids is 2. The smallest absolute Gasteiger partial charge is 0.238 e. The average molecular weight is 432 g/mol. The average Bonchev–Trinajstić information content (AvgIpc) is 2.74. The quantitative estimate of drug-likeness (QED) is 0.802. The van der Waals surface area contributed by atoms with Crippen molar-refractivity contribution in [2.75, 3.05) is 43.5 Å². The maximum absolute atomic E-state index is 12.8. The second-order valence-corrected chi connectivity index (χ2v) is 8.69. The fourth-order valence-corrected chi connectivity index (χ4v) is 4.81. The summed E-state index contributed by atoms with van der Waals surface area (Å²) in [5.74, 6) is 0.703. The van der Waals surface area contributed by atoms with Gasteiger partial charge >= 0.3 is 0 Å². The van der Waals surface area contributed by atoms with E-state index in [0.29, 0.717) is 23.8 Å². The van der Waals surface area contributed by atoms with Crippen molar-refractivity contribution in [2.24, 2.45) is 0 Å². The van der Waals surface area contributed by atoms with Crippen LogP contribution in [0, 0.1) is 0 Å². The summed E-state index contributed by atoms with van der Waals surface area (Å²) in [5.41, 5.74) is 1.83. The summed E-state index contributed by atoms with van der Waals surface area (Å²) in [4.78, 5) is 30.2. The molecule has 1 fully saturated rings. The van der Waals surface area contributed by atoms with Crippen LogP contribution < -0.4 is 15.0 Å². The van der Waals surface area contributed by atoms with Crippen molar-refractivity contribution < 1.29 is 14.3 Å². The van der Waals surface area contributed by atoms with E-state index in [1.807, 2.05) is 35.2 Å². The van der Waals surface area contributed by atoms with Crippen molar-refractivity contribution in [3.05, 3.63) is 47.5 Å². The van der Waals surface area contributed by atoms with Gasteiger partial charge in [-0.2, -0.15) is 0 Å². The lowest BCUT2D eigenvalue weighted by molar-refractivity contribution is -0.132. The fourth-order valence-electron chi connectivity index (χ4n) is 3.55. The number of anilines is 2. The Morgan fingerprint density at radius 2 is 1.90 bits per heavy atom. The highest BCUT2D eigenvalue weighted by molar-refractivity contribution is 8.01. The number of halogens is 1. The zero-order valence-corrected chi connectivity index (χ0v) is 17.6. The van der Waals surface area contributed by atoms with Gasteiger partial charge in [-0.3, -0.25) is 9.59 Å². The number of amides is 2. The Morgan fingerprint density at radius 1 is 1.17 bits per heavy atom. The van der Waals surface area contributed by atoms with Crippen LogP contribution in [0.2, 0.25) is 5.02 Å². The molecule has 0 aromatic heterocycles. The highest BCUT2D eigenvalue weighted by atomic mass is 35.5. The van der Waals surface area contributed by atoms with Crippen molar-refractivity contribution in [1.82, 2.24) is 4.90 Å². The van der Waals surface area contributed by atoms with E-state index in [4.69, 9.17) is 16.3 Å². The van der Waals surface area contributed by atoms with E-state index in [0.717, 1.165) is 29.4 Å². The minimum atomic E-state index is -0.421. The largest absolute Gasteiger partial charge is 0.497 e. The number of piperazine rings is 1. The number of methoxy groups -OCH3 is 1. The number of nitrogens with one attached hydrogen (secondary N) is 1. The Labute approximate surface area is 179 Å². The van der Waals surface area contributed by atoms with E-state index in [-0.39, 0.29) is 18.2 Å². The fraction of sp³-hybridized carbons (Fsp3) is 0.333. The molecule has 1 saturated heterocycles. The number of fused-ring (bicyclic) bond motifs is 1. The minimum Gasteiger partial charge on any atom is -0.497 e. The van der Waals surface area contributed by atoms with Gasteiger partial charge in [0.25, 0.3) is 0 Å². The number of ether oxygens (including phenoxy) is 1. The summed E-state index contributed by atoms with van der Waals surface area (Å²) in [5, 5.41) is 3.02. The third kappa shape index (κ3) is 4.46. The Morgan fingerprint density at radius 3 is 2.59 bits per heavy atom. The molecule has 0 saturated carbocycles. The van der Waals surface area contributed by atoms with E-state index in [2.05, 4.69) is 10.2 Å². The molecule has 1 atom stereocenters. The van der Waals surface area contributed by atoms with E-state index in [1.165, 1.54) is 11.8 Å². The predicted molar refractivity (Wildman–Crippen MR) is 116 cm³/mol. The van der Waals surface area contributed by atoms with E-state index in [9.17, 15) is 9.59 Å². The van der Waals surface area contributed by atoms with Crippen molar-refractivity contribution in [3.63, 3.8) is 0 Å². The molecule has 2 aromatic rings. The zero-order valence-electron chi connectivity index (χ0n) is 16.1. The second-order valence-electron chi connectivity index (χ2n) is 7.01. The number of benzene rings is 2. The Balaban J connectivity index is 1.33. The minimum absolute atomic E-state index is 0.0180. The topological polar surface area (TPSA) is 61.9 Å². The molecule has 0 bridgehead atoms. The first-order valence-electron chi connectivity index (χ1n) is 9.47. The third-order valence-corrected chi connectivity index (χ3v) is 6.70. The Kier molecular flexibility index (Phi) is 5.87. The first-order valence-corrected chi connectivity index (χ1v) is 10.7. The molecule has 4 rings (SSSR count). The van der Waals surface area contributed by atoms with Crippen LogP contribution in [0.25, 0.3) is 0 Å². The first kappa shape index (κ1) is 19.9. The van der Waals surface area contributed by atoms with Gasteiger partial charge in [0.05, 0.1) is 18.0 Å². The molecule has 2 heterocycles. The molecule has 0 spiro atoms. The van der Waals surface area contributed by atoms with E-state index >= 15 is 0 Å². The van der Waals surface area contributed by atoms with Gasteiger partial charge in [0.15, 0.2) is 0 Å². The molecule has 152 valence electrons. The third-order valence-electron chi connectivity index (χ3n) is 5.19. The Hall–Kier alpha value is -2.38. The standard InChI is InChI=1S/C21H22ClN3O3S/c1-28-16-5-3-15(4-6-16)24-8-10-25(11-9-24)20(26)13-19-21(27)23-17-12-14(22)2-7-18(17)29-19/h2-7,12,19H,8-11,13H2,1H3,(H,23,27)/t19-/m1/s1. The van der Waals surface area contributed by atoms with Crippen molar-refractivity contribution >= 4 is 46.6 Å². The van der Waals surface area contributed by atoms with Gasteiger partial charge in [0.2, 0.25) is 11.8 Å². The molecule has 29 heavy (non-hydrogen) atoms. The van der Waals surface area contributed by atoms with E-state index < -0.39 is 5.25 Å². The normalized spacial score (nSPS) is 18.8. The highest BCUT2D eigenvalue weighted by Gasteiger charge is 2.31. The van der Waals surface area contributed by atoms with Crippen molar-refractivity contribution in [2.45, 2.75) is 16.6 Å². The van der Waals surface area contributed by atoms with Crippen LogP contribution in [0.5, 0.6) is 5.75 Å². The molecule has 2 aliphatic rings. The lowest BCUT2D eigenvalue weighted by Crippen LogP contribution is -2.49. The van der Waals surface area contributed by atoms with E-state index in [1.54, 1.807) is 19.2 Å². The van der Waals surface area contributed by atoms with Gasteiger partial charge in [-0.15, -0.1) is 11.8 Å². The molecule has 2 aromatic carbocycles. The lowest BCUT2D eigenvalue weighted by Gasteiger charge is -2.37. The number of nitrogens with zero attached hydrogens (tertiary/aromatic N) is 2. The summed E-state index contributed by atoms with van der Waals surface area (Å²) >= 11 is 7.41. The second kappa shape index (κ2) is 8.55. The first-order chi connectivity index (χ1) is 14.0. The van der Waals surface area contributed by atoms with Crippen LogP contribution >= 0.6 is 23.4 Å². The molecule has 0 unspecified atom stereocenters. The SMILES string of the molecule is COc1ccc(N2CCN(C(=O)C[C@H]3Sc4ccc(Cl)cc4NC3=O)CC2)cc1. The van der Waals surface area contributed by atoms with Crippen LogP contribution in [0.4, 0.5) is 11.4 Å². The van der Waals surface area contributed by atoms with Gasteiger partial charge in [0.1, 0.15) is 5.75 Å². The van der Waals surface area contributed by atoms with Crippen molar-refractivity contribution in [3.8, 4) is 5.75 Å².